The topological polar surface area (TPSA) is 36.3 Å². The van der Waals surface area contributed by atoms with Crippen LogP contribution in [0.15, 0.2) is 0 Å². The first kappa shape index (κ1) is 7.12. The number of nitriles is 1. The van der Waals surface area contributed by atoms with Crippen molar-refractivity contribution in [2.24, 2.45) is 5.92 Å². The molecule has 0 spiro atoms. The van der Waals surface area contributed by atoms with E-state index in [0.717, 1.165) is 18.8 Å². The summed E-state index contributed by atoms with van der Waals surface area (Å²) in [7, 11) is 0. The van der Waals surface area contributed by atoms with Crippen molar-refractivity contribution in [3.8, 4) is 6.07 Å². The Hall–Kier alpha value is -0.550. The molecule has 1 saturated heterocycles. The van der Waals surface area contributed by atoms with Crippen LogP contribution in [0.2, 0.25) is 0 Å². The fourth-order valence-electron chi connectivity index (χ4n) is 2.02. The second-order valence-electron chi connectivity index (χ2n) is 3.59. The molecule has 2 aliphatic rings. The van der Waals surface area contributed by atoms with Crippen LogP contribution in [-0.2, 0) is 4.74 Å². The van der Waals surface area contributed by atoms with Crippen molar-refractivity contribution >= 4 is 0 Å². The summed E-state index contributed by atoms with van der Waals surface area (Å²) < 4.78 is 5.41. The van der Waals surface area contributed by atoms with E-state index in [2.05, 4.69) is 6.07 Å². The highest BCUT2D eigenvalue weighted by atomic mass is 16.6. The molecule has 0 aromatic carbocycles. The Bertz CT molecular complexity index is 184. The minimum atomic E-state index is 0.576. The summed E-state index contributed by atoms with van der Waals surface area (Å²) >= 11 is 0. The highest BCUT2D eigenvalue weighted by molar-refractivity contribution is 4.92. The number of rotatable bonds is 2. The Morgan fingerprint density at radius 1 is 1.36 bits per heavy atom. The van der Waals surface area contributed by atoms with Crippen LogP contribution in [0.1, 0.15) is 32.1 Å². The van der Waals surface area contributed by atoms with Crippen LogP contribution in [0.5, 0.6) is 0 Å². The van der Waals surface area contributed by atoms with Crippen LogP contribution >= 0.6 is 0 Å². The highest BCUT2D eigenvalue weighted by Gasteiger charge is 2.43. The summed E-state index contributed by atoms with van der Waals surface area (Å²) in [6.45, 7) is 0. The molecule has 0 N–H and O–H groups in total. The van der Waals surface area contributed by atoms with Gasteiger partial charge in [-0.05, 0) is 31.6 Å². The zero-order valence-electron chi connectivity index (χ0n) is 6.62. The molecule has 3 atom stereocenters. The zero-order valence-corrected chi connectivity index (χ0v) is 6.62. The van der Waals surface area contributed by atoms with E-state index in [1.54, 1.807) is 0 Å². The molecular weight excluding hydrogens is 138 g/mol. The molecule has 2 fully saturated rings. The second-order valence-corrected chi connectivity index (χ2v) is 3.59. The summed E-state index contributed by atoms with van der Waals surface area (Å²) in [5.74, 6) is 0.776. The van der Waals surface area contributed by atoms with Crippen LogP contribution in [0, 0.1) is 17.2 Å². The van der Waals surface area contributed by atoms with E-state index >= 15 is 0 Å². The van der Waals surface area contributed by atoms with Crippen LogP contribution < -0.4 is 0 Å². The highest BCUT2D eigenvalue weighted by Crippen LogP contribution is 2.40. The van der Waals surface area contributed by atoms with Gasteiger partial charge in [-0.25, -0.2) is 0 Å². The van der Waals surface area contributed by atoms with Gasteiger partial charge < -0.3 is 4.74 Å². The Balaban J connectivity index is 1.73. The van der Waals surface area contributed by atoms with Crippen LogP contribution in [0.3, 0.4) is 0 Å². The summed E-state index contributed by atoms with van der Waals surface area (Å²) in [5, 5.41) is 8.39. The first-order valence-corrected chi connectivity index (χ1v) is 4.42. The number of fused-ring (bicyclic) bond motifs is 1. The maximum absolute atomic E-state index is 8.39. The molecule has 1 aliphatic heterocycles. The fraction of sp³-hybridized carbons (Fsp3) is 0.889. The molecule has 0 amide bonds. The maximum Gasteiger partial charge on any atom is 0.0844 e. The SMILES string of the molecule is N#CCCC1CCC2OC2C1. The van der Waals surface area contributed by atoms with Gasteiger partial charge in [0.1, 0.15) is 0 Å². The lowest BCUT2D eigenvalue weighted by molar-refractivity contribution is 0.353. The monoisotopic (exact) mass is 151 g/mol. The smallest absolute Gasteiger partial charge is 0.0844 e. The molecule has 3 unspecified atom stereocenters. The van der Waals surface area contributed by atoms with E-state index in [0.29, 0.717) is 12.2 Å². The summed E-state index contributed by atoms with van der Waals surface area (Å²) in [4.78, 5) is 0. The van der Waals surface area contributed by atoms with E-state index in [9.17, 15) is 0 Å². The van der Waals surface area contributed by atoms with Crippen molar-refractivity contribution in [3.63, 3.8) is 0 Å². The normalized spacial score (nSPS) is 40.8. The van der Waals surface area contributed by atoms with Crippen molar-refractivity contribution in [2.45, 2.75) is 44.3 Å². The van der Waals surface area contributed by atoms with Crippen LogP contribution in [-0.4, -0.2) is 12.2 Å². The molecule has 2 heteroatoms. The minimum absolute atomic E-state index is 0.576. The first-order chi connectivity index (χ1) is 5.40. The summed E-state index contributed by atoms with van der Waals surface area (Å²) in [6, 6.07) is 2.20. The molecular formula is C9H13NO. The van der Waals surface area contributed by atoms with Crippen LogP contribution in [0.4, 0.5) is 0 Å². The Morgan fingerprint density at radius 2 is 2.27 bits per heavy atom. The van der Waals surface area contributed by atoms with Gasteiger partial charge in [-0.1, -0.05) is 0 Å². The number of ether oxygens (including phenoxy) is 1. The largest absolute Gasteiger partial charge is 0.370 e. The molecule has 2 nitrogen and oxygen atoms in total. The Labute approximate surface area is 67.2 Å². The van der Waals surface area contributed by atoms with Gasteiger partial charge in [-0.15, -0.1) is 0 Å². The maximum atomic E-state index is 8.39. The van der Waals surface area contributed by atoms with Gasteiger partial charge in [-0.2, -0.15) is 5.26 Å². The molecule has 0 aromatic heterocycles. The number of hydrogen-bond donors (Lipinski definition) is 0. The van der Waals surface area contributed by atoms with Crippen LogP contribution in [0.25, 0.3) is 0 Å². The molecule has 0 radical (unpaired) electrons. The van der Waals surface area contributed by atoms with Crippen molar-refractivity contribution in [2.75, 3.05) is 0 Å². The van der Waals surface area contributed by atoms with E-state index < -0.39 is 0 Å². The standard InChI is InChI=1S/C9H13NO/c10-5-1-2-7-3-4-8-9(6-7)11-8/h7-9H,1-4,6H2. The van der Waals surface area contributed by atoms with E-state index in [-0.39, 0.29) is 0 Å². The molecule has 11 heavy (non-hydrogen) atoms. The molecule has 1 heterocycles. The van der Waals surface area contributed by atoms with Crippen molar-refractivity contribution in [3.05, 3.63) is 0 Å². The molecule has 60 valence electrons. The predicted octanol–water partition coefficient (Wildman–Crippen LogP) is 1.86. The third-order valence-electron chi connectivity index (χ3n) is 2.78. The van der Waals surface area contributed by atoms with Crippen molar-refractivity contribution in [1.82, 2.24) is 0 Å². The molecule has 1 saturated carbocycles. The third kappa shape index (κ3) is 1.54. The third-order valence-corrected chi connectivity index (χ3v) is 2.78. The number of nitrogens with zero attached hydrogens (tertiary/aromatic N) is 1. The Morgan fingerprint density at radius 3 is 3.00 bits per heavy atom. The van der Waals surface area contributed by atoms with Crippen molar-refractivity contribution < 1.29 is 4.74 Å². The van der Waals surface area contributed by atoms with E-state index in [4.69, 9.17) is 10.00 Å². The summed E-state index contributed by atoms with van der Waals surface area (Å²) in [5.41, 5.74) is 0. The van der Waals surface area contributed by atoms with E-state index in [1.807, 2.05) is 0 Å². The van der Waals surface area contributed by atoms with Gasteiger partial charge in [0.05, 0.1) is 18.3 Å². The average Bonchev–Trinajstić information content (AvgIpc) is 2.78. The lowest BCUT2D eigenvalue weighted by atomic mass is 9.86. The van der Waals surface area contributed by atoms with Gasteiger partial charge in [0.15, 0.2) is 0 Å². The van der Waals surface area contributed by atoms with Gasteiger partial charge in [0, 0.05) is 6.42 Å². The zero-order chi connectivity index (χ0) is 7.68. The van der Waals surface area contributed by atoms with Gasteiger partial charge in [-0.3, -0.25) is 0 Å². The lowest BCUT2D eigenvalue weighted by Crippen LogP contribution is -2.12. The predicted molar refractivity (Wildman–Crippen MR) is 40.8 cm³/mol. The molecule has 2 rings (SSSR count). The average molecular weight is 151 g/mol. The Kier molecular flexibility index (Phi) is 1.83. The van der Waals surface area contributed by atoms with Gasteiger partial charge in [0.25, 0.3) is 0 Å². The van der Waals surface area contributed by atoms with Crippen molar-refractivity contribution in [1.29, 1.82) is 5.26 Å². The van der Waals surface area contributed by atoms with Gasteiger partial charge in [0.2, 0.25) is 0 Å². The second kappa shape index (κ2) is 2.83. The number of hydrogen-bond acceptors (Lipinski definition) is 2. The fourth-order valence-corrected chi connectivity index (χ4v) is 2.02. The summed E-state index contributed by atoms with van der Waals surface area (Å²) in [6.07, 6.45) is 6.72. The number of epoxide rings is 1. The molecule has 0 bridgehead atoms. The molecule has 1 aliphatic carbocycles. The first-order valence-electron chi connectivity index (χ1n) is 4.42. The van der Waals surface area contributed by atoms with Gasteiger partial charge >= 0.3 is 0 Å². The minimum Gasteiger partial charge on any atom is -0.370 e. The lowest BCUT2D eigenvalue weighted by Gasteiger charge is -2.16. The van der Waals surface area contributed by atoms with E-state index in [1.165, 1.54) is 19.3 Å². The molecule has 0 aromatic rings. The quantitative estimate of drug-likeness (QED) is 0.565.